The van der Waals surface area contributed by atoms with E-state index in [0.717, 1.165) is 29.8 Å². The minimum atomic E-state index is -2.90. The van der Waals surface area contributed by atoms with Crippen LogP contribution in [-0.2, 0) is 4.74 Å². The van der Waals surface area contributed by atoms with Crippen molar-refractivity contribution in [3.63, 3.8) is 0 Å². The molecular formula is C26H24F2N4O3. The lowest BCUT2D eigenvalue weighted by Gasteiger charge is -2.26. The molecule has 0 saturated carbocycles. The molecule has 3 aliphatic heterocycles. The molecule has 0 N–H and O–H groups in total. The normalized spacial score (nSPS) is 21.4. The van der Waals surface area contributed by atoms with Gasteiger partial charge in [-0.3, -0.25) is 4.79 Å². The lowest BCUT2D eigenvalue weighted by Crippen LogP contribution is -2.37. The van der Waals surface area contributed by atoms with Crippen molar-refractivity contribution in [2.45, 2.75) is 25.0 Å². The monoisotopic (exact) mass is 478 g/mol. The fraction of sp³-hybridized carbons (Fsp3) is 0.346. The zero-order chi connectivity index (χ0) is 23.9. The Morgan fingerprint density at radius 2 is 1.74 bits per heavy atom. The van der Waals surface area contributed by atoms with Crippen LogP contribution in [0.1, 0.15) is 39.9 Å². The Morgan fingerprint density at radius 1 is 0.971 bits per heavy atom. The Bertz CT molecular complexity index is 1250. The van der Waals surface area contributed by atoms with Crippen molar-refractivity contribution in [1.82, 2.24) is 14.9 Å². The van der Waals surface area contributed by atoms with Crippen LogP contribution in [0.25, 0.3) is 11.1 Å². The van der Waals surface area contributed by atoms with E-state index in [9.17, 15) is 13.6 Å². The van der Waals surface area contributed by atoms with Gasteiger partial charge in [0.05, 0.1) is 19.3 Å². The number of carbonyl (C=O) groups is 1. The summed E-state index contributed by atoms with van der Waals surface area (Å²) in [6.07, 6.45) is 4.28. The van der Waals surface area contributed by atoms with Gasteiger partial charge in [0, 0.05) is 49.1 Å². The third-order valence-electron chi connectivity index (χ3n) is 7.06. The highest BCUT2D eigenvalue weighted by molar-refractivity contribution is 6.00. The van der Waals surface area contributed by atoms with Gasteiger partial charge >= 0.3 is 6.61 Å². The van der Waals surface area contributed by atoms with E-state index < -0.39 is 6.61 Å². The van der Waals surface area contributed by atoms with Crippen molar-refractivity contribution >= 4 is 11.9 Å². The molecule has 0 spiro atoms. The summed E-state index contributed by atoms with van der Waals surface area (Å²) in [5.41, 5.74) is 4.02. The first-order valence-corrected chi connectivity index (χ1v) is 11.7. The number of benzene rings is 2. The Kier molecular flexibility index (Phi) is 5.56. The highest BCUT2D eigenvalue weighted by Crippen LogP contribution is 2.51. The number of carbonyl (C=O) groups excluding carboxylic acids is 1. The van der Waals surface area contributed by atoms with Crippen LogP contribution in [0.5, 0.6) is 5.75 Å². The Labute approximate surface area is 201 Å². The number of fused-ring (bicyclic) bond motifs is 3. The summed E-state index contributed by atoms with van der Waals surface area (Å²) < 4.78 is 36.3. The van der Waals surface area contributed by atoms with Crippen LogP contribution in [0.4, 0.5) is 14.7 Å². The average Bonchev–Trinajstić information content (AvgIpc) is 3.44. The van der Waals surface area contributed by atoms with Crippen LogP contribution in [0.3, 0.4) is 0 Å². The highest BCUT2D eigenvalue weighted by atomic mass is 19.3. The summed E-state index contributed by atoms with van der Waals surface area (Å²) in [7, 11) is 0. The van der Waals surface area contributed by atoms with Gasteiger partial charge in [0.15, 0.2) is 0 Å². The topological polar surface area (TPSA) is 67.8 Å². The van der Waals surface area contributed by atoms with Crippen molar-refractivity contribution in [2.75, 3.05) is 37.7 Å². The maximum Gasteiger partial charge on any atom is 0.387 e. The number of halogens is 2. The molecular weight excluding hydrogens is 454 g/mol. The summed E-state index contributed by atoms with van der Waals surface area (Å²) in [4.78, 5) is 26.2. The number of aromatic nitrogens is 2. The summed E-state index contributed by atoms with van der Waals surface area (Å²) in [6.45, 7) is 0.506. The van der Waals surface area contributed by atoms with Gasteiger partial charge in [-0.1, -0.05) is 24.3 Å². The average molecular weight is 478 g/mol. The summed E-state index contributed by atoms with van der Waals surface area (Å²) in [6, 6.07) is 12.4. The number of alkyl halides is 2. The van der Waals surface area contributed by atoms with Gasteiger partial charge in [-0.05, 0) is 41.3 Å². The van der Waals surface area contributed by atoms with Crippen molar-refractivity contribution in [3.05, 3.63) is 71.5 Å². The number of amides is 1. The molecule has 180 valence electrons. The smallest absolute Gasteiger partial charge is 0.387 e. The molecule has 1 amide bonds. The summed E-state index contributed by atoms with van der Waals surface area (Å²) >= 11 is 0. The lowest BCUT2D eigenvalue weighted by molar-refractivity contribution is -0.0507. The lowest BCUT2D eigenvalue weighted by atomic mass is 9.86. The van der Waals surface area contributed by atoms with Crippen molar-refractivity contribution in [2.24, 2.45) is 0 Å². The summed E-state index contributed by atoms with van der Waals surface area (Å²) in [5.74, 6) is 0.681. The molecule has 35 heavy (non-hydrogen) atoms. The van der Waals surface area contributed by atoms with E-state index in [-0.39, 0.29) is 23.6 Å². The number of rotatable bonds is 5. The SMILES string of the molecule is O=C1c2ccc(-c3cnc(N4CCOCC4)nc3)cc2[C@H]2[C@H](c3ccccc3OC(F)F)CCN12. The largest absolute Gasteiger partial charge is 0.435 e. The van der Waals surface area contributed by atoms with Crippen LogP contribution >= 0.6 is 0 Å². The van der Waals surface area contributed by atoms with Crippen molar-refractivity contribution in [1.29, 1.82) is 0 Å². The number of morpholine rings is 1. The predicted octanol–water partition coefficient (Wildman–Crippen LogP) is 4.27. The molecule has 3 aliphatic rings. The molecule has 9 heteroatoms. The zero-order valence-corrected chi connectivity index (χ0v) is 18.9. The molecule has 3 aromatic rings. The van der Waals surface area contributed by atoms with Crippen LogP contribution in [0.15, 0.2) is 54.9 Å². The number of hydrogen-bond acceptors (Lipinski definition) is 6. The third-order valence-corrected chi connectivity index (χ3v) is 7.06. The first-order valence-electron chi connectivity index (χ1n) is 11.7. The molecule has 0 unspecified atom stereocenters. The van der Waals surface area contributed by atoms with Gasteiger partial charge in [-0.25, -0.2) is 9.97 Å². The molecule has 2 atom stereocenters. The Hall–Kier alpha value is -3.59. The minimum absolute atomic E-state index is 0.0229. The third kappa shape index (κ3) is 3.89. The van der Waals surface area contributed by atoms with E-state index in [1.165, 1.54) is 0 Å². The van der Waals surface area contributed by atoms with Gasteiger partial charge < -0.3 is 19.3 Å². The Morgan fingerprint density at radius 3 is 2.51 bits per heavy atom. The maximum atomic E-state index is 13.1. The van der Waals surface area contributed by atoms with Crippen molar-refractivity contribution < 1.29 is 23.0 Å². The molecule has 2 aromatic carbocycles. The van der Waals surface area contributed by atoms with Crippen LogP contribution in [0, 0.1) is 0 Å². The Balaban J connectivity index is 1.33. The van der Waals surface area contributed by atoms with Gasteiger partial charge in [0.2, 0.25) is 5.95 Å². The van der Waals surface area contributed by atoms with Crippen LogP contribution in [-0.4, -0.2) is 60.2 Å². The van der Waals surface area contributed by atoms with E-state index >= 15 is 0 Å². The second-order valence-corrected chi connectivity index (χ2v) is 8.93. The van der Waals surface area contributed by atoms with Crippen LogP contribution < -0.4 is 9.64 Å². The molecule has 6 rings (SSSR count). The second-order valence-electron chi connectivity index (χ2n) is 8.93. The van der Waals surface area contributed by atoms with E-state index in [4.69, 9.17) is 9.47 Å². The number of anilines is 1. The van der Waals surface area contributed by atoms with Gasteiger partial charge in [0.1, 0.15) is 5.75 Å². The molecule has 2 saturated heterocycles. The van der Waals surface area contributed by atoms with Gasteiger partial charge in [-0.15, -0.1) is 0 Å². The first kappa shape index (κ1) is 21.9. The second kappa shape index (κ2) is 8.88. The molecule has 0 bridgehead atoms. The molecule has 7 nitrogen and oxygen atoms in total. The van der Waals surface area contributed by atoms with E-state index in [2.05, 4.69) is 14.9 Å². The number of ether oxygens (including phenoxy) is 2. The molecule has 0 aliphatic carbocycles. The number of hydrogen-bond donors (Lipinski definition) is 0. The standard InChI is InChI=1S/C26H24F2N4O3/c27-25(28)35-22-4-2-1-3-18(22)19-7-8-32-23(19)21-13-16(5-6-20(21)24(32)33)17-14-29-26(30-15-17)31-9-11-34-12-10-31/h1-6,13-15,19,23,25H,7-12H2/t19-,23+/m0/s1. The van der Waals surface area contributed by atoms with E-state index in [0.29, 0.717) is 43.3 Å². The van der Waals surface area contributed by atoms with E-state index in [1.807, 2.05) is 35.2 Å². The highest BCUT2D eigenvalue weighted by Gasteiger charge is 2.46. The zero-order valence-electron chi connectivity index (χ0n) is 18.9. The predicted molar refractivity (Wildman–Crippen MR) is 125 cm³/mol. The molecule has 0 radical (unpaired) electrons. The fourth-order valence-electron chi connectivity index (χ4n) is 5.45. The maximum absolute atomic E-state index is 13.1. The van der Waals surface area contributed by atoms with Crippen molar-refractivity contribution in [3.8, 4) is 16.9 Å². The van der Waals surface area contributed by atoms with Gasteiger partial charge in [-0.2, -0.15) is 8.78 Å². The fourth-order valence-corrected chi connectivity index (χ4v) is 5.45. The summed E-state index contributed by atoms with van der Waals surface area (Å²) in [5, 5.41) is 0. The molecule has 2 fully saturated rings. The minimum Gasteiger partial charge on any atom is -0.435 e. The van der Waals surface area contributed by atoms with Crippen LogP contribution in [0.2, 0.25) is 0 Å². The molecule has 4 heterocycles. The molecule has 1 aromatic heterocycles. The van der Waals surface area contributed by atoms with Gasteiger partial charge in [0.25, 0.3) is 5.91 Å². The quantitative estimate of drug-likeness (QED) is 0.546. The number of nitrogens with zero attached hydrogens (tertiary/aromatic N) is 4. The number of para-hydroxylation sites is 1. The van der Waals surface area contributed by atoms with E-state index in [1.54, 1.807) is 24.5 Å². The first-order chi connectivity index (χ1) is 17.1.